The molecule has 154 valence electrons. The third-order valence-electron chi connectivity index (χ3n) is 3.65. The van der Waals surface area contributed by atoms with Crippen molar-refractivity contribution in [3.63, 3.8) is 0 Å². The number of benzene rings is 2. The highest BCUT2D eigenvalue weighted by molar-refractivity contribution is 7.80. The number of nitrogens with one attached hydrogen (secondary N) is 2. The van der Waals surface area contributed by atoms with Gasteiger partial charge in [-0.25, -0.2) is 0 Å². The minimum Gasteiger partial charge on any atom is -0.490 e. The van der Waals surface area contributed by atoms with Gasteiger partial charge in [0.1, 0.15) is 24.7 Å². The Hall–Kier alpha value is -2.90. The smallest absolute Gasteiger partial charge is 0.261 e. The molecule has 2 aromatic rings. The number of rotatable bonds is 10. The monoisotopic (exact) mass is 414 g/mol. The number of anilines is 1. The number of hydrogen-bond donors (Lipinski definition) is 2. The highest BCUT2D eigenvalue weighted by Crippen LogP contribution is 2.19. The van der Waals surface area contributed by atoms with Gasteiger partial charge in [0.25, 0.3) is 5.91 Å². The summed E-state index contributed by atoms with van der Waals surface area (Å²) in [6.45, 7) is 9.52. The lowest BCUT2D eigenvalue weighted by Crippen LogP contribution is -2.34. The Morgan fingerprint density at radius 3 is 2.48 bits per heavy atom. The second-order valence-corrected chi connectivity index (χ2v) is 6.63. The van der Waals surface area contributed by atoms with E-state index in [9.17, 15) is 4.79 Å². The molecule has 0 heterocycles. The van der Waals surface area contributed by atoms with Gasteiger partial charge in [0.2, 0.25) is 0 Å². The first-order valence-corrected chi connectivity index (χ1v) is 9.69. The van der Waals surface area contributed by atoms with Crippen LogP contribution in [0.15, 0.2) is 60.7 Å². The fourth-order valence-electron chi connectivity index (χ4n) is 2.31. The number of amides is 1. The van der Waals surface area contributed by atoms with Gasteiger partial charge in [-0.2, -0.15) is 0 Å². The second-order valence-electron chi connectivity index (χ2n) is 6.22. The second kappa shape index (κ2) is 11.8. The van der Waals surface area contributed by atoms with Crippen LogP contribution in [0.3, 0.4) is 0 Å². The standard InChI is InChI=1S/C22H26N2O4S/c1-4-26-13-14-27-20-8-6-5-7-19(20)21(25)24-22(29)23-17-9-11-18(12-10-17)28-15-16(2)3/h5-12H,2,4,13-15H2,1,3H3,(H2,23,24,25,29). The number of ether oxygens (including phenoxy) is 3. The molecule has 0 aromatic heterocycles. The molecule has 0 saturated carbocycles. The van der Waals surface area contributed by atoms with E-state index in [4.69, 9.17) is 26.4 Å². The molecule has 0 bridgehead atoms. The van der Waals surface area contributed by atoms with Crippen molar-refractivity contribution in [2.45, 2.75) is 13.8 Å². The van der Waals surface area contributed by atoms with E-state index in [1.165, 1.54) is 0 Å². The van der Waals surface area contributed by atoms with Gasteiger partial charge in [0.05, 0.1) is 12.2 Å². The van der Waals surface area contributed by atoms with Crippen LogP contribution in [0.25, 0.3) is 0 Å². The van der Waals surface area contributed by atoms with Gasteiger partial charge < -0.3 is 19.5 Å². The van der Waals surface area contributed by atoms with Crippen LogP contribution in [0.4, 0.5) is 5.69 Å². The van der Waals surface area contributed by atoms with Crippen LogP contribution in [0.2, 0.25) is 0 Å². The van der Waals surface area contributed by atoms with Gasteiger partial charge in [-0.3, -0.25) is 10.1 Å². The van der Waals surface area contributed by atoms with Crippen molar-refractivity contribution >= 4 is 28.9 Å². The van der Waals surface area contributed by atoms with E-state index in [0.717, 1.165) is 17.0 Å². The highest BCUT2D eigenvalue weighted by atomic mass is 32.1. The lowest BCUT2D eigenvalue weighted by molar-refractivity contribution is 0.0958. The molecule has 2 rings (SSSR count). The maximum Gasteiger partial charge on any atom is 0.261 e. The Kier molecular flexibility index (Phi) is 9.14. The van der Waals surface area contributed by atoms with Gasteiger partial charge in [0.15, 0.2) is 5.11 Å². The van der Waals surface area contributed by atoms with Crippen molar-refractivity contribution in [3.8, 4) is 11.5 Å². The van der Waals surface area contributed by atoms with Gasteiger partial charge in [-0.05, 0) is 68.0 Å². The number of hydrogen-bond acceptors (Lipinski definition) is 5. The minimum absolute atomic E-state index is 0.190. The molecule has 0 fully saturated rings. The van der Waals surface area contributed by atoms with Gasteiger partial charge in [0, 0.05) is 12.3 Å². The van der Waals surface area contributed by atoms with Crippen molar-refractivity contribution in [3.05, 3.63) is 66.2 Å². The molecule has 0 aliphatic rings. The zero-order chi connectivity index (χ0) is 21.1. The predicted octanol–water partition coefficient (Wildman–Crippen LogP) is 4.18. The van der Waals surface area contributed by atoms with E-state index in [1.54, 1.807) is 24.3 Å². The molecule has 2 N–H and O–H groups in total. The number of carbonyl (C=O) groups excluding carboxylic acids is 1. The average Bonchev–Trinajstić information content (AvgIpc) is 2.71. The molecular formula is C22H26N2O4S. The summed E-state index contributed by atoms with van der Waals surface area (Å²) in [5, 5.41) is 5.84. The van der Waals surface area contributed by atoms with Crippen LogP contribution in [0.1, 0.15) is 24.2 Å². The predicted molar refractivity (Wildman–Crippen MR) is 119 cm³/mol. The van der Waals surface area contributed by atoms with Crippen LogP contribution < -0.4 is 20.1 Å². The Bertz CT molecular complexity index is 837. The first-order chi connectivity index (χ1) is 14.0. The third-order valence-corrected chi connectivity index (χ3v) is 3.85. The van der Waals surface area contributed by atoms with Crippen molar-refractivity contribution in [2.75, 3.05) is 31.7 Å². The maximum atomic E-state index is 12.6. The van der Waals surface area contributed by atoms with E-state index in [0.29, 0.717) is 37.7 Å². The number of carbonyl (C=O) groups is 1. The average molecular weight is 415 g/mol. The summed E-state index contributed by atoms with van der Waals surface area (Å²) < 4.78 is 16.5. The Morgan fingerprint density at radius 2 is 1.79 bits per heavy atom. The quantitative estimate of drug-likeness (QED) is 0.345. The van der Waals surface area contributed by atoms with Crippen LogP contribution in [0.5, 0.6) is 11.5 Å². The molecule has 6 nitrogen and oxygen atoms in total. The van der Waals surface area contributed by atoms with Crippen LogP contribution in [0, 0.1) is 0 Å². The highest BCUT2D eigenvalue weighted by Gasteiger charge is 2.13. The topological polar surface area (TPSA) is 68.8 Å². The molecule has 1 amide bonds. The molecule has 0 unspecified atom stereocenters. The molecule has 0 saturated heterocycles. The Morgan fingerprint density at radius 1 is 1.07 bits per heavy atom. The van der Waals surface area contributed by atoms with Crippen LogP contribution in [-0.2, 0) is 4.74 Å². The van der Waals surface area contributed by atoms with Gasteiger partial charge in [-0.1, -0.05) is 18.7 Å². The fraction of sp³-hybridized carbons (Fsp3) is 0.273. The first-order valence-electron chi connectivity index (χ1n) is 9.28. The Labute approximate surface area is 176 Å². The molecule has 7 heteroatoms. The molecule has 0 spiro atoms. The number of thiocarbonyl (C=S) groups is 1. The summed E-state index contributed by atoms with van der Waals surface area (Å²) >= 11 is 5.25. The van der Waals surface area contributed by atoms with Gasteiger partial charge >= 0.3 is 0 Å². The van der Waals surface area contributed by atoms with Crippen molar-refractivity contribution in [1.82, 2.24) is 5.32 Å². The van der Waals surface area contributed by atoms with Crippen molar-refractivity contribution < 1.29 is 19.0 Å². The summed E-state index contributed by atoms with van der Waals surface area (Å²) in [4.78, 5) is 12.6. The SMILES string of the molecule is C=C(C)COc1ccc(NC(=S)NC(=O)c2ccccc2OCCOCC)cc1. The van der Waals surface area contributed by atoms with E-state index in [2.05, 4.69) is 17.2 Å². The molecule has 29 heavy (non-hydrogen) atoms. The molecule has 0 aliphatic heterocycles. The summed E-state index contributed by atoms with van der Waals surface area (Å²) in [7, 11) is 0. The molecular weight excluding hydrogens is 388 g/mol. The molecule has 2 aromatic carbocycles. The van der Waals surface area contributed by atoms with Crippen molar-refractivity contribution in [1.29, 1.82) is 0 Å². The first kappa shape index (κ1) is 22.4. The summed E-state index contributed by atoms with van der Waals surface area (Å²) in [5.41, 5.74) is 2.08. The molecule has 0 aliphatic carbocycles. The molecule has 0 atom stereocenters. The normalized spacial score (nSPS) is 10.1. The zero-order valence-electron chi connectivity index (χ0n) is 16.7. The summed E-state index contributed by atoms with van der Waals surface area (Å²) in [5.74, 6) is 0.856. The van der Waals surface area contributed by atoms with E-state index in [-0.39, 0.29) is 11.0 Å². The van der Waals surface area contributed by atoms with Gasteiger partial charge in [-0.15, -0.1) is 0 Å². The van der Waals surface area contributed by atoms with Crippen LogP contribution >= 0.6 is 12.2 Å². The molecule has 0 radical (unpaired) electrons. The third kappa shape index (κ3) is 7.93. The largest absolute Gasteiger partial charge is 0.490 e. The lowest BCUT2D eigenvalue weighted by Gasteiger charge is -2.13. The summed E-state index contributed by atoms with van der Waals surface area (Å²) in [6.07, 6.45) is 0. The zero-order valence-corrected chi connectivity index (χ0v) is 17.5. The summed E-state index contributed by atoms with van der Waals surface area (Å²) in [6, 6.07) is 14.3. The van der Waals surface area contributed by atoms with Crippen LogP contribution in [-0.4, -0.2) is 37.4 Å². The van der Waals surface area contributed by atoms with Crippen molar-refractivity contribution in [2.24, 2.45) is 0 Å². The van der Waals surface area contributed by atoms with E-state index >= 15 is 0 Å². The van der Waals surface area contributed by atoms with E-state index < -0.39 is 0 Å². The lowest BCUT2D eigenvalue weighted by atomic mass is 10.2. The fourth-order valence-corrected chi connectivity index (χ4v) is 2.52. The maximum absolute atomic E-state index is 12.6. The Balaban J connectivity index is 1.90. The minimum atomic E-state index is -0.351. The van der Waals surface area contributed by atoms with E-state index in [1.807, 2.05) is 38.1 Å². The number of para-hydroxylation sites is 1.